The van der Waals surface area contributed by atoms with Crippen LogP contribution >= 0.6 is 0 Å². The van der Waals surface area contributed by atoms with Crippen molar-refractivity contribution in [3.63, 3.8) is 0 Å². The smallest absolute Gasteiger partial charge is 0.315 e. The van der Waals surface area contributed by atoms with E-state index in [0.29, 0.717) is 44.8 Å². The van der Waals surface area contributed by atoms with Gasteiger partial charge in [-0.15, -0.1) is 0 Å². The monoisotopic (exact) mass is 774 g/mol. The first-order valence-corrected chi connectivity index (χ1v) is 22.7. The highest BCUT2D eigenvalue weighted by Crippen LogP contribution is 2.65. The number of sulfonamides is 1. The zero-order chi connectivity index (χ0) is 39.1. The van der Waals surface area contributed by atoms with E-state index < -0.39 is 62.7 Å². The second kappa shape index (κ2) is 16.0. The molecule has 0 aromatic carbocycles. The van der Waals surface area contributed by atoms with Crippen LogP contribution in [-0.4, -0.2) is 102 Å². The Morgan fingerprint density at radius 1 is 0.833 bits per heavy atom. The first-order chi connectivity index (χ1) is 25.5. The van der Waals surface area contributed by atoms with Gasteiger partial charge in [-0.3, -0.25) is 19.2 Å². The molecule has 5 atom stereocenters. The van der Waals surface area contributed by atoms with E-state index in [-0.39, 0.29) is 35.0 Å². The second-order valence-electron chi connectivity index (χ2n) is 18.5. The molecule has 0 radical (unpaired) electrons. The maximum atomic E-state index is 15.0. The van der Waals surface area contributed by atoms with Crippen molar-refractivity contribution in [1.82, 2.24) is 30.5 Å². The summed E-state index contributed by atoms with van der Waals surface area (Å²) in [6, 6.07) is -3.30. The molecular weight excluding hydrogens is 709 g/mol. The Morgan fingerprint density at radius 3 is 2.02 bits per heavy atom. The van der Waals surface area contributed by atoms with Crippen LogP contribution in [-0.2, 0) is 29.2 Å². The molecule has 4 N–H and O–H groups in total. The van der Waals surface area contributed by atoms with E-state index in [1.807, 2.05) is 20.8 Å². The van der Waals surface area contributed by atoms with Gasteiger partial charge in [0.15, 0.2) is 0 Å². The highest BCUT2D eigenvalue weighted by atomic mass is 32.2. The molecule has 1 saturated heterocycles. The fourth-order valence-corrected chi connectivity index (χ4v) is 12.2. The van der Waals surface area contributed by atoms with Crippen LogP contribution in [0.25, 0.3) is 0 Å². The van der Waals surface area contributed by atoms with Crippen molar-refractivity contribution in [2.75, 3.05) is 25.4 Å². The van der Waals surface area contributed by atoms with Crippen LogP contribution in [0.3, 0.4) is 0 Å². The molecule has 1 heterocycles. The van der Waals surface area contributed by atoms with Crippen LogP contribution in [0.4, 0.5) is 4.79 Å². The molecule has 0 bridgehead atoms. The largest absolute Gasteiger partial charge is 0.347 e. The van der Waals surface area contributed by atoms with E-state index >= 15 is 0 Å². The SMILES string of the molecule is CCN(CC)S(=O)(=O)CC1(NC(=O)N[C@H](C(=O)N2C[C@H]3[C@@H]([C@H]2C(=O)N[C@@H](CCC2CC2)C(=O)C(=O)NC2CC2)C3(C)C)C2(C)CCCCC2)CCCCC1. The minimum absolute atomic E-state index is 0.0137. The number of hydrogen-bond donors (Lipinski definition) is 4. The van der Waals surface area contributed by atoms with Crippen LogP contribution in [0.2, 0.25) is 0 Å². The maximum absolute atomic E-state index is 15.0. The molecule has 0 spiro atoms. The molecule has 304 valence electrons. The lowest BCUT2D eigenvalue weighted by atomic mass is 9.70. The summed E-state index contributed by atoms with van der Waals surface area (Å²) in [6.07, 6.45) is 12.9. The molecule has 14 heteroatoms. The molecule has 1 aliphatic heterocycles. The van der Waals surface area contributed by atoms with E-state index in [2.05, 4.69) is 35.1 Å². The average molecular weight is 775 g/mol. The predicted octanol–water partition coefficient (Wildman–Crippen LogP) is 4.00. The molecule has 0 aromatic heterocycles. The van der Waals surface area contributed by atoms with Crippen LogP contribution in [0.1, 0.15) is 137 Å². The Kier molecular flexibility index (Phi) is 12.1. The third-order valence-electron chi connectivity index (χ3n) is 14.1. The number of carbonyl (C=O) groups excluding carboxylic acids is 5. The lowest BCUT2D eigenvalue weighted by molar-refractivity contribution is -0.146. The van der Waals surface area contributed by atoms with Crippen molar-refractivity contribution in [3.05, 3.63) is 0 Å². The summed E-state index contributed by atoms with van der Waals surface area (Å²) in [4.78, 5) is 71.5. The van der Waals surface area contributed by atoms with E-state index in [1.54, 1.807) is 4.90 Å². The molecule has 0 unspecified atom stereocenters. The summed E-state index contributed by atoms with van der Waals surface area (Å²) < 4.78 is 28.5. The van der Waals surface area contributed by atoms with Gasteiger partial charge in [0.05, 0.1) is 17.3 Å². The summed E-state index contributed by atoms with van der Waals surface area (Å²) in [5.74, 6) is -1.78. The summed E-state index contributed by atoms with van der Waals surface area (Å²) in [6.45, 7) is 10.9. The Morgan fingerprint density at radius 2 is 1.44 bits per heavy atom. The van der Waals surface area contributed by atoms with Crippen LogP contribution in [0.15, 0.2) is 0 Å². The fourth-order valence-electron chi connectivity index (χ4n) is 10.1. The van der Waals surface area contributed by atoms with Crippen molar-refractivity contribution in [2.45, 2.75) is 167 Å². The van der Waals surface area contributed by atoms with Gasteiger partial charge in [0, 0.05) is 25.7 Å². The minimum atomic E-state index is -3.65. The molecule has 5 aliphatic carbocycles. The molecule has 13 nitrogen and oxygen atoms in total. The highest BCUT2D eigenvalue weighted by molar-refractivity contribution is 7.89. The number of nitrogens with zero attached hydrogens (tertiary/aromatic N) is 2. The number of fused-ring (bicyclic) bond motifs is 1. The molecule has 5 amide bonds. The predicted molar refractivity (Wildman–Crippen MR) is 205 cm³/mol. The summed E-state index contributed by atoms with van der Waals surface area (Å²) in [5.41, 5.74) is -1.72. The van der Waals surface area contributed by atoms with Crippen molar-refractivity contribution < 1.29 is 32.4 Å². The fraction of sp³-hybridized carbons (Fsp3) is 0.875. The van der Waals surface area contributed by atoms with Crippen LogP contribution in [0.5, 0.6) is 0 Å². The van der Waals surface area contributed by atoms with Gasteiger partial charge in [-0.2, -0.15) is 0 Å². The number of rotatable bonds is 17. The number of piperidine rings is 1. The molecule has 5 saturated carbocycles. The lowest BCUT2D eigenvalue weighted by Crippen LogP contribution is -2.65. The zero-order valence-electron chi connectivity index (χ0n) is 33.3. The van der Waals surface area contributed by atoms with Gasteiger partial charge in [0.2, 0.25) is 27.6 Å². The molecule has 6 rings (SSSR count). The van der Waals surface area contributed by atoms with E-state index in [0.717, 1.165) is 83.5 Å². The average Bonchev–Trinajstić information content (AvgIpc) is 4.08. The van der Waals surface area contributed by atoms with Gasteiger partial charge >= 0.3 is 6.03 Å². The Hall–Kier alpha value is -2.74. The number of Topliss-reactive ketones (excluding diaryl/α,β-unsaturated/α-hetero) is 1. The van der Waals surface area contributed by atoms with Crippen LogP contribution < -0.4 is 21.3 Å². The van der Waals surface area contributed by atoms with Gasteiger partial charge < -0.3 is 26.2 Å². The Labute approximate surface area is 322 Å². The molecule has 0 aromatic rings. The molecule has 54 heavy (non-hydrogen) atoms. The third-order valence-corrected chi connectivity index (χ3v) is 16.3. The maximum Gasteiger partial charge on any atom is 0.315 e. The van der Waals surface area contributed by atoms with Crippen molar-refractivity contribution >= 4 is 39.6 Å². The standard InChI is InChI=1S/C40H66N6O7S/c1-6-45(7-2)54(52,53)25-40(22-12-9-13-23-40)44-37(51)43-33(39(5)20-10-8-11-21-39)36(50)46-24-28-30(38(28,3)4)31(46)34(48)42-29(19-16-26-14-15-26)32(47)35(49)41-27-17-18-27/h26-31,33H,6-25H2,1-5H3,(H,41,49)(H,42,48)(H2,43,44,51)/t28-,29-,30-,31-,33+/m0/s1. The number of likely N-dealkylation sites (tertiary alicyclic amines) is 1. The topological polar surface area (TPSA) is 174 Å². The van der Waals surface area contributed by atoms with E-state index in [4.69, 9.17) is 0 Å². The summed E-state index contributed by atoms with van der Waals surface area (Å²) >= 11 is 0. The van der Waals surface area contributed by atoms with Gasteiger partial charge in [0.1, 0.15) is 12.1 Å². The van der Waals surface area contributed by atoms with Gasteiger partial charge in [-0.1, -0.05) is 86.0 Å². The Balaban J connectivity index is 1.23. The highest BCUT2D eigenvalue weighted by Gasteiger charge is 2.70. The Bertz CT molecular complexity index is 1540. The quantitative estimate of drug-likeness (QED) is 0.162. The molecular formula is C40H66N6O7S. The lowest BCUT2D eigenvalue weighted by Gasteiger charge is -2.44. The summed E-state index contributed by atoms with van der Waals surface area (Å²) in [5, 5.41) is 11.9. The van der Waals surface area contributed by atoms with Gasteiger partial charge in [-0.25, -0.2) is 17.5 Å². The number of ketones is 1. The number of carbonyl (C=O) groups is 5. The number of nitrogens with one attached hydrogen (secondary N) is 4. The minimum Gasteiger partial charge on any atom is -0.347 e. The van der Waals surface area contributed by atoms with Crippen molar-refractivity contribution in [2.24, 2.45) is 28.6 Å². The number of urea groups is 1. The normalized spacial score (nSPS) is 28.0. The summed E-state index contributed by atoms with van der Waals surface area (Å²) in [7, 11) is -3.65. The van der Waals surface area contributed by atoms with Gasteiger partial charge in [-0.05, 0) is 80.0 Å². The van der Waals surface area contributed by atoms with E-state index in [1.165, 1.54) is 4.31 Å². The third kappa shape index (κ3) is 8.94. The first-order valence-electron chi connectivity index (χ1n) is 21.1. The zero-order valence-corrected chi connectivity index (χ0v) is 34.2. The molecule has 6 fully saturated rings. The number of hydrogen-bond acceptors (Lipinski definition) is 7. The first kappa shape index (κ1) is 40.9. The number of amides is 5. The van der Waals surface area contributed by atoms with Gasteiger partial charge in [0.25, 0.3) is 5.91 Å². The second-order valence-corrected chi connectivity index (χ2v) is 20.5. The van der Waals surface area contributed by atoms with Crippen molar-refractivity contribution in [1.29, 1.82) is 0 Å². The van der Waals surface area contributed by atoms with E-state index in [9.17, 15) is 32.4 Å². The molecule has 6 aliphatic rings. The van der Waals surface area contributed by atoms with Crippen LogP contribution in [0, 0.1) is 28.6 Å². The van der Waals surface area contributed by atoms with Crippen molar-refractivity contribution in [3.8, 4) is 0 Å².